The van der Waals surface area contributed by atoms with Gasteiger partial charge in [-0.3, -0.25) is 14.5 Å². The van der Waals surface area contributed by atoms with Crippen LogP contribution in [0.2, 0.25) is 0 Å². The molecule has 236 valence electrons. The van der Waals surface area contributed by atoms with Crippen LogP contribution in [0.15, 0.2) is 42.5 Å². The zero-order chi connectivity index (χ0) is 32.0. The van der Waals surface area contributed by atoms with Gasteiger partial charge in [-0.2, -0.15) is 18.4 Å². The number of carbonyl (C=O) groups excluding carboxylic acids is 2. The SMILES string of the molecule is Cc1cc(C(F)(F)F)c(C#N)c(N[C@H]2CCN(CCN3CCN(C(=O)/C=C/CN(C)C)CC3)c3ccccc3N(C)C2=O)n1. The fourth-order valence-corrected chi connectivity index (χ4v) is 5.47. The summed E-state index contributed by atoms with van der Waals surface area (Å²) < 4.78 is 41.1. The highest BCUT2D eigenvalue weighted by molar-refractivity contribution is 6.01. The molecule has 0 spiro atoms. The molecule has 3 heterocycles. The van der Waals surface area contributed by atoms with Crippen molar-refractivity contribution in [3.05, 3.63) is 59.3 Å². The van der Waals surface area contributed by atoms with Crippen molar-refractivity contribution < 1.29 is 22.8 Å². The van der Waals surface area contributed by atoms with Crippen molar-refractivity contribution in [3.63, 3.8) is 0 Å². The molecule has 1 saturated heterocycles. The maximum absolute atomic E-state index is 13.7. The van der Waals surface area contributed by atoms with Crippen LogP contribution in [0.1, 0.15) is 23.2 Å². The van der Waals surface area contributed by atoms with Crippen LogP contribution >= 0.6 is 0 Å². The lowest BCUT2D eigenvalue weighted by Gasteiger charge is -2.38. The van der Waals surface area contributed by atoms with E-state index < -0.39 is 23.3 Å². The number of nitrogens with one attached hydrogen (secondary N) is 1. The molecule has 13 heteroatoms. The van der Waals surface area contributed by atoms with Gasteiger partial charge in [0.05, 0.1) is 16.9 Å². The monoisotopic (exact) mass is 612 g/mol. The van der Waals surface area contributed by atoms with E-state index in [1.165, 1.54) is 11.8 Å². The van der Waals surface area contributed by atoms with Gasteiger partial charge in [-0.25, -0.2) is 4.98 Å². The van der Waals surface area contributed by atoms with Crippen LogP contribution in [-0.2, 0) is 15.8 Å². The number of carbonyl (C=O) groups is 2. The molecule has 0 bridgehead atoms. The number of rotatable bonds is 8. The van der Waals surface area contributed by atoms with Gasteiger partial charge >= 0.3 is 6.18 Å². The number of aromatic nitrogens is 1. The number of benzene rings is 1. The second-order valence-electron chi connectivity index (χ2n) is 11.3. The second-order valence-corrected chi connectivity index (χ2v) is 11.3. The fraction of sp³-hybridized carbons (Fsp3) is 0.484. The summed E-state index contributed by atoms with van der Waals surface area (Å²) in [5.41, 5.74) is -0.0717. The Hall–Kier alpha value is -4.15. The number of nitrogens with zero attached hydrogens (tertiary/aromatic N) is 7. The standard InChI is InChI=1S/C31H39F3N8O2/c1-22-20-24(31(32,33)34)23(21-35)29(36-22)37-25-11-13-41(27-9-6-5-8-26(27)39(4)30(25)44)17-14-40-15-18-42(19-16-40)28(43)10-7-12-38(2)3/h5-10,20,25H,11-19H2,1-4H3,(H,36,37)/b10-7+/t25-/m0/s1. The number of piperazine rings is 1. The fourth-order valence-electron chi connectivity index (χ4n) is 5.47. The average Bonchev–Trinajstić information content (AvgIpc) is 2.98. The predicted molar refractivity (Wildman–Crippen MR) is 163 cm³/mol. The summed E-state index contributed by atoms with van der Waals surface area (Å²) in [5.74, 6) is -0.574. The first-order chi connectivity index (χ1) is 20.9. The Kier molecular flexibility index (Phi) is 10.5. The molecule has 2 aliphatic heterocycles. The topological polar surface area (TPSA) is 99.0 Å². The smallest absolute Gasteiger partial charge is 0.368 e. The number of nitriles is 1. The van der Waals surface area contributed by atoms with Crippen LogP contribution in [0.3, 0.4) is 0 Å². The Morgan fingerprint density at radius 1 is 1.14 bits per heavy atom. The molecule has 44 heavy (non-hydrogen) atoms. The Morgan fingerprint density at radius 2 is 1.82 bits per heavy atom. The molecule has 0 saturated carbocycles. The van der Waals surface area contributed by atoms with Crippen molar-refractivity contribution in [3.8, 4) is 6.07 Å². The number of alkyl halides is 3. The highest BCUT2D eigenvalue weighted by Crippen LogP contribution is 2.36. The van der Waals surface area contributed by atoms with Crippen molar-refractivity contribution in [2.45, 2.75) is 25.6 Å². The van der Waals surface area contributed by atoms with E-state index in [2.05, 4.69) is 20.1 Å². The van der Waals surface area contributed by atoms with E-state index >= 15 is 0 Å². The number of halogens is 3. The third kappa shape index (κ3) is 7.86. The molecule has 0 unspecified atom stereocenters. The van der Waals surface area contributed by atoms with Gasteiger partial charge in [-0.05, 0) is 45.6 Å². The molecule has 2 aromatic rings. The third-order valence-corrected chi connectivity index (χ3v) is 7.88. The summed E-state index contributed by atoms with van der Waals surface area (Å²) in [4.78, 5) is 40.1. The zero-order valence-electron chi connectivity index (χ0n) is 25.6. The van der Waals surface area contributed by atoms with Crippen LogP contribution in [0.5, 0.6) is 0 Å². The first-order valence-corrected chi connectivity index (χ1v) is 14.6. The minimum Gasteiger partial charge on any atom is -0.368 e. The molecule has 4 rings (SSSR count). The maximum Gasteiger partial charge on any atom is 0.417 e. The number of fused-ring (bicyclic) bond motifs is 1. The van der Waals surface area contributed by atoms with Gasteiger partial charge in [0.2, 0.25) is 11.8 Å². The van der Waals surface area contributed by atoms with Crippen LogP contribution in [0.4, 0.5) is 30.4 Å². The van der Waals surface area contributed by atoms with Crippen LogP contribution in [0, 0.1) is 18.3 Å². The first kappa shape index (κ1) is 32.8. The van der Waals surface area contributed by atoms with E-state index in [0.717, 1.165) is 31.4 Å². The van der Waals surface area contributed by atoms with Crippen molar-refractivity contribution >= 4 is 29.0 Å². The van der Waals surface area contributed by atoms with E-state index in [9.17, 15) is 28.0 Å². The Bertz CT molecular complexity index is 1410. The van der Waals surface area contributed by atoms with Crippen molar-refractivity contribution in [1.82, 2.24) is 19.7 Å². The Labute approximate surface area is 256 Å². The largest absolute Gasteiger partial charge is 0.417 e. The minimum absolute atomic E-state index is 0.0143. The quantitative estimate of drug-likeness (QED) is 0.454. The van der Waals surface area contributed by atoms with Crippen molar-refractivity contribution in [1.29, 1.82) is 5.26 Å². The van der Waals surface area contributed by atoms with Gasteiger partial charge in [-0.1, -0.05) is 18.2 Å². The lowest BCUT2D eigenvalue weighted by molar-refractivity contribution is -0.137. The van der Waals surface area contributed by atoms with E-state index in [1.54, 1.807) is 19.2 Å². The number of anilines is 3. The highest BCUT2D eigenvalue weighted by Gasteiger charge is 2.37. The lowest BCUT2D eigenvalue weighted by Crippen LogP contribution is -2.51. The summed E-state index contributed by atoms with van der Waals surface area (Å²) in [5, 5.41) is 12.5. The molecular formula is C31H39F3N8O2. The summed E-state index contributed by atoms with van der Waals surface area (Å²) in [6.45, 7) is 6.70. The molecule has 0 aliphatic carbocycles. The molecule has 1 aromatic carbocycles. The first-order valence-electron chi connectivity index (χ1n) is 14.6. The number of hydrogen-bond acceptors (Lipinski definition) is 8. The summed E-state index contributed by atoms with van der Waals surface area (Å²) in [6.07, 6.45) is -0.969. The van der Waals surface area contributed by atoms with Crippen LogP contribution in [0.25, 0.3) is 0 Å². The zero-order valence-corrected chi connectivity index (χ0v) is 25.6. The number of hydrogen-bond donors (Lipinski definition) is 1. The number of para-hydroxylation sites is 2. The maximum atomic E-state index is 13.7. The Morgan fingerprint density at radius 3 is 2.45 bits per heavy atom. The number of aryl methyl sites for hydroxylation is 1. The van der Waals surface area contributed by atoms with E-state index in [-0.39, 0.29) is 29.7 Å². The summed E-state index contributed by atoms with van der Waals surface area (Å²) in [7, 11) is 5.53. The van der Waals surface area contributed by atoms with E-state index in [4.69, 9.17) is 0 Å². The van der Waals surface area contributed by atoms with E-state index in [1.807, 2.05) is 54.2 Å². The molecule has 1 N–H and O–H groups in total. The van der Waals surface area contributed by atoms with Gasteiger partial charge in [0, 0.05) is 71.2 Å². The molecule has 1 atom stereocenters. The highest BCUT2D eigenvalue weighted by atomic mass is 19.4. The van der Waals surface area contributed by atoms with Crippen LogP contribution in [-0.4, -0.2) is 111 Å². The number of pyridine rings is 1. The molecule has 10 nitrogen and oxygen atoms in total. The molecule has 0 radical (unpaired) electrons. The second kappa shape index (κ2) is 14.1. The minimum atomic E-state index is -4.74. The van der Waals surface area contributed by atoms with Gasteiger partial charge in [0.1, 0.15) is 23.5 Å². The van der Waals surface area contributed by atoms with Crippen molar-refractivity contribution in [2.75, 3.05) is 88.6 Å². The Balaban J connectivity index is 1.47. The molecule has 1 fully saturated rings. The number of amides is 2. The van der Waals surface area contributed by atoms with Crippen LogP contribution < -0.4 is 15.1 Å². The number of likely N-dealkylation sites (N-methyl/N-ethyl adjacent to an activating group) is 2. The van der Waals surface area contributed by atoms with Gasteiger partial charge in [0.25, 0.3) is 0 Å². The molecular weight excluding hydrogens is 573 g/mol. The predicted octanol–water partition coefficient (Wildman–Crippen LogP) is 3.20. The average molecular weight is 613 g/mol. The van der Waals surface area contributed by atoms with Gasteiger partial charge < -0.3 is 24.9 Å². The van der Waals surface area contributed by atoms with Gasteiger partial charge in [-0.15, -0.1) is 0 Å². The molecule has 1 aromatic heterocycles. The van der Waals surface area contributed by atoms with Gasteiger partial charge in [0.15, 0.2) is 0 Å². The summed E-state index contributed by atoms with van der Waals surface area (Å²) >= 11 is 0. The summed E-state index contributed by atoms with van der Waals surface area (Å²) in [6, 6.07) is 9.09. The molecule has 2 aliphatic rings. The van der Waals surface area contributed by atoms with E-state index in [0.29, 0.717) is 38.4 Å². The lowest BCUT2D eigenvalue weighted by atomic mass is 10.0. The third-order valence-electron chi connectivity index (χ3n) is 7.88. The normalized spacial score (nSPS) is 18.3. The van der Waals surface area contributed by atoms with Crippen molar-refractivity contribution in [2.24, 2.45) is 0 Å². The molecule has 2 amide bonds.